The summed E-state index contributed by atoms with van der Waals surface area (Å²) in [7, 11) is 0. The first-order chi connectivity index (χ1) is 11.9. The summed E-state index contributed by atoms with van der Waals surface area (Å²) in [6, 6.07) is 7.06. The fourth-order valence-corrected chi connectivity index (χ4v) is 2.97. The van der Waals surface area contributed by atoms with Crippen molar-refractivity contribution in [1.82, 2.24) is 10.6 Å². The Morgan fingerprint density at radius 1 is 1.12 bits per heavy atom. The van der Waals surface area contributed by atoms with Crippen molar-refractivity contribution >= 4 is 17.9 Å². The van der Waals surface area contributed by atoms with Crippen molar-refractivity contribution in [2.75, 3.05) is 6.61 Å². The van der Waals surface area contributed by atoms with Crippen molar-refractivity contribution in [3.63, 3.8) is 0 Å². The molecule has 1 saturated carbocycles. The number of carbonyl (C=O) groups is 3. The van der Waals surface area contributed by atoms with Gasteiger partial charge in [-0.2, -0.15) is 0 Å². The Hall–Kier alpha value is -2.37. The zero-order valence-electron chi connectivity index (χ0n) is 14.8. The number of imide groups is 1. The number of benzene rings is 1. The molecular formula is C19H26N2O4. The minimum Gasteiger partial charge on any atom is -0.455 e. The number of hydrogen-bond acceptors (Lipinski definition) is 4. The third-order valence-electron chi connectivity index (χ3n) is 4.51. The highest BCUT2D eigenvalue weighted by molar-refractivity contribution is 5.95. The zero-order chi connectivity index (χ0) is 18.2. The molecule has 25 heavy (non-hydrogen) atoms. The van der Waals surface area contributed by atoms with Crippen LogP contribution < -0.4 is 10.6 Å². The summed E-state index contributed by atoms with van der Waals surface area (Å²) in [5.74, 6) is -0.722. The van der Waals surface area contributed by atoms with Gasteiger partial charge in [-0.05, 0) is 31.2 Å². The first kappa shape index (κ1) is 19.0. The molecule has 0 heterocycles. The van der Waals surface area contributed by atoms with Gasteiger partial charge in [0.05, 0.1) is 6.42 Å². The van der Waals surface area contributed by atoms with Crippen LogP contribution in [0, 0.1) is 12.8 Å². The van der Waals surface area contributed by atoms with Crippen LogP contribution in [0.1, 0.15) is 43.7 Å². The number of aryl methyl sites for hydroxylation is 1. The van der Waals surface area contributed by atoms with Crippen molar-refractivity contribution in [3.8, 4) is 0 Å². The number of rotatable bonds is 5. The fourth-order valence-electron chi connectivity index (χ4n) is 2.97. The molecule has 1 fully saturated rings. The van der Waals surface area contributed by atoms with Gasteiger partial charge in [0.25, 0.3) is 5.91 Å². The molecule has 6 nitrogen and oxygen atoms in total. The lowest BCUT2D eigenvalue weighted by molar-refractivity contribution is -0.147. The van der Waals surface area contributed by atoms with Gasteiger partial charge < -0.3 is 10.1 Å². The number of hydrogen-bond donors (Lipinski definition) is 2. The van der Waals surface area contributed by atoms with E-state index in [1.165, 1.54) is 6.42 Å². The molecule has 2 rings (SSSR count). The average Bonchev–Trinajstić information content (AvgIpc) is 2.57. The van der Waals surface area contributed by atoms with E-state index in [0.717, 1.165) is 30.4 Å². The predicted molar refractivity (Wildman–Crippen MR) is 93.9 cm³/mol. The number of nitrogens with one attached hydrogen (secondary N) is 2. The minimum absolute atomic E-state index is 0.0886. The fraction of sp³-hybridized carbons (Fsp3) is 0.526. The molecule has 136 valence electrons. The number of carbonyl (C=O) groups excluding carboxylic acids is 3. The van der Waals surface area contributed by atoms with Crippen LogP contribution in [0.25, 0.3) is 0 Å². The van der Waals surface area contributed by atoms with Crippen molar-refractivity contribution in [3.05, 3.63) is 35.4 Å². The second kappa shape index (κ2) is 9.20. The van der Waals surface area contributed by atoms with Crippen LogP contribution in [-0.4, -0.2) is 30.6 Å². The molecule has 0 saturated heterocycles. The molecule has 3 amide bonds. The Morgan fingerprint density at radius 2 is 1.80 bits per heavy atom. The molecule has 1 aromatic carbocycles. The summed E-state index contributed by atoms with van der Waals surface area (Å²) in [5.41, 5.74) is 1.93. The molecule has 1 aliphatic rings. The zero-order valence-corrected chi connectivity index (χ0v) is 14.8. The topological polar surface area (TPSA) is 84.5 Å². The van der Waals surface area contributed by atoms with Crippen molar-refractivity contribution in [2.45, 2.75) is 52.0 Å². The van der Waals surface area contributed by atoms with E-state index in [0.29, 0.717) is 5.92 Å². The highest BCUT2D eigenvalue weighted by Crippen LogP contribution is 2.23. The normalized spacial score (nSPS) is 19.8. The van der Waals surface area contributed by atoms with Crippen molar-refractivity contribution in [1.29, 1.82) is 0 Å². The van der Waals surface area contributed by atoms with Crippen LogP contribution in [0.15, 0.2) is 24.3 Å². The molecule has 0 aliphatic heterocycles. The Kier molecular flexibility index (Phi) is 6.98. The second-order valence-electron chi connectivity index (χ2n) is 6.71. The van der Waals surface area contributed by atoms with Crippen LogP contribution in [0.4, 0.5) is 4.79 Å². The molecule has 2 atom stereocenters. The van der Waals surface area contributed by atoms with E-state index in [1.54, 1.807) is 0 Å². The van der Waals surface area contributed by atoms with Crippen LogP contribution >= 0.6 is 0 Å². The maximum atomic E-state index is 11.9. The summed E-state index contributed by atoms with van der Waals surface area (Å²) in [6.07, 6.45) is 4.36. The van der Waals surface area contributed by atoms with Crippen LogP contribution in [0.5, 0.6) is 0 Å². The van der Waals surface area contributed by atoms with E-state index < -0.39 is 24.5 Å². The Balaban J connectivity index is 1.68. The van der Waals surface area contributed by atoms with Gasteiger partial charge in [0.15, 0.2) is 6.61 Å². The van der Waals surface area contributed by atoms with E-state index >= 15 is 0 Å². The SMILES string of the molecule is Cc1ccc(CC(=O)OCC(=O)NC(=O)N[C@H]2CCCC[C@@H]2C)cc1. The molecular weight excluding hydrogens is 320 g/mol. The van der Waals surface area contributed by atoms with Gasteiger partial charge in [0, 0.05) is 6.04 Å². The van der Waals surface area contributed by atoms with Crippen LogP contribution in [0.3, 0.4) is 0 Å². The average molecular weight is 346 g/mol. The summed E-state index contributed by atoms with van der Waals surface area (Å²) >= 11 is 0. The Morgan fingerprint density at radius 3 is 2.48 bits per heavy atom. The third kappa shape index (κ3) is 6.57. The standard InChI is InChI=1S/C19H26N2O4/c1-13-7-9-15(10-8-13)11-18(23)25-12-17(22)21-19(24)20-16-6-4-3-5-14(16)2/h7-10,14,16H,3-6,11-12H2,1-2H3,(H2,20,21,22,24)/t14-,16-/m0/s1. The lowest BCUT2D eigenvalue weighted by Crippen LogP contribution is -2.48. The number of amides is 3. The number of esters is 1. The van der Waals surface area contributed by atoms with E-state index in [4.69, 9.17) is 4.74 Å². The molecule has 1 aliphatic carbocycles. The summed E-state index contributed by atoms with van der Waals surface area (Å²) in [4.78, 5) is 35.3. The molecule has 6 heteroatoms. The maximum Gasteiger partial charge on any atom is 0.321 e. The molecule has 0 radical (unpaired) electrons. The van der Waals surface area contributed by atoms with E-state index in [1.807, 2.05) is 31.2 Å². The van der Waals surface area contributed by atoms with Gasteiger partial charge in [0.2, 0.25) is 0 Å². The third-order valence-corrected chi connectivity index (χ3v) is 4.51. The monoisotopic (exact) mass is 346 g/mol. The highest BCUT2D eigenvalue weighted by Gasteiger charge is 2.23. The van der Waals surface area contributed by atoms with Crippen molar-refractivity contribution in [2.24, 2.45) is 5.92 Å². The summed E-state index contributed by atoms with van der Waals surface area (Å²) in [5, 5.41) is 5.03. The Labute approximate surface area is 148 Å². The first-order valence-corrected chi connectivity index (χ1v) is 8.75. The number of ether oxygens (including phenoxy) is 1. The van der Waals surface area contributed by atoms with Gasteiger partial charge in [0.1, 0.15) is 0 Å². The van der Waals surface area contributed by atoms with Crippen LogP contribution in [-0.2, 0) is 20.7 Å². The Bertz CT molecular complexity index is 612. The molecule has 0 bridgehead atoms. The molecule has 0 unspecified atom stereocenters. The smallest absolute Gasteiger partial charge is 0.321 e. The summed E-state index contributed by atoms with van der Waals surface area (Å²) in [6.45, 7) is 3.60. The van der Waals surface area contributed by atoms with Gasteiger partial charge in [-0.15, -0.1) is 0 Å². The lowest BCUT2D eigenvalue weighted by atomic mass is 9.86. The van der Waals surface area contributed by atoms with E-state index in [2.05, 4.69) is 17.6 Å². The maximum absolute atomic E-state index is 11.9. The van der Waals surface area contributed by atoms with Crippen molar-refractivity contribution < 1.29 is 19.1 Å². The summed E-state index contributed by atoms with van der Waals surface area (Å²) < 4.78 is 4.92. The quantitative estimate of drug-likeness (QED) is 0.802. The predicted octanol–water partition coefficient (Wildman–Crippen LogP) is 2.49. The number of urea groups is 1. The van der Waals surface area contributed by atoms with E-state index in [9.17, 15) is 14.4 Å². The largest absolute Gasteiger partial charge is 0.455 e. The molecule has 0 aromatic heterocycles. The second-order valence-corrected chi connectivity index (χ2v) is 6.71. The highest BCUT2D eigenvalue weighted by atomic mass is 16.5. The van der Waals surface area contributed by atoms with E-state index in [-0.39, 0.29) is 12.5 Å². The minimum atomic E-state index is -0.627. The molecule has 2 N–H and O–H groups in total. The molecule has 0 spiro atoms. The van der Waals surface area contributed by atoms with Gasteiger partial charge >= 0.3 is 12.0 Å². The lowest BCUT2D eigenvalue weighted by Gasteiger charge is -2.29. The van der Waals surface area contributed by atoms with Gasteiger partial charge in [-0.25, -0.2) is 4.79 Å². The van der Waals surface area contributed by atoms with Crippen LogP contribution in [0.2, 0.25) is 0 Å². The van der Waals surface area contributed by atoms with Gasteiger partial charge in [-0.3, -0.25) is 14.9 Å². The molecule has 1 aromatic rings. The first-order valence-electron chi connectivity index (χ1n) is 8.75. The van der Waals surface area contributed by atoms with Gasteiger partial charge in [-0.1, -0.05) is 49.6 Å².